The van der Waals surface area contributed by atoms with Crippen molar-refractivity contribution < 1.29 is 13.6 Å². The Morgan fingerprint density at radius 2 is 2.10 bits per heavy atom. The fourth-order valence-electron chi connectivity index (χ4n) is 1.61. The summed E-state index contributed by atoms with van der Waals surface area (Å²) in [7, 11) is 0. The van der Waals surface area contributed by atoms with E-state index in [1.165, 1.54) is 18.3 Å². The van der Waals surface area contributed by atoms with Crippen LogP contribution in [0, 0.1) is 23.0 Å². The molecular formula is C13H9F2N5O. The summed E-state index contributed by atoms with van der Waals surface area (Å²) in [5, 5.41) is 11.1. The van der Waals surface area contributed by atoms with E-state index in [2.05, 4.69) is 10.3 Å². The van der Waals surface area contributed by atoms with E-state index in [1.54, 1.807) is 6.07 Å². The number of benzene rings is 1. The Labute approximate surface area is 118 Å². The molecule has 0 fully saturated rings. The first-order valence-electron chi connectivity index (χ1n) is 5.69. The van der Waals surface area contributed by atoms with Gasteiger partial charge < -0.3 is 10.7 Å². The molecule has 106 valence electrons. The maximum atomic E-state index is 13.9. The summed E-state index contributed by atoms with van der Waals surface area (Å²) in [5.74, 6) is 2.39. The van der Waals surface area contributed by atoms with Crippen molar-refractivity contribution in [3.8, 4) is 6.07 Å². The lowest BCUT2D eigenvalue weighted by atomic mass is 10.2. The summed E-state index contributed by atoms with van der Waals surface area (Å²) in [5.41, 5.74) is 1.66. The Balaban J connectivity index is 2.29. The normalized spacial score (nSPS) is 9.81. The number of rotatable bonds is 3. The van der Waals surface area contributed by atoms with Crippen molar-refractivity contribution in [3.05, 3.63) is 53.2 Å². The molecule has 0 saturated heterocycles. The van der Waals surface area contributed by atoms with Crippen LogP contribution in [-0.4, -0.2) is 10.9 Å². The minimum atomic E-state index is -0.917. The van der Waals surface area contributed by atoms with Gasteiger partial charge in [-0.1, -0.05) is 0 Å². The van der Waals surface area contributed by atoms with E-state index >= 15 is 0 Å². The molecule has 0 unspecified atom stereocenters. The molecule has 21 heavy (non-hydrogen) atoms. The molecule has 2 aromatic rings. The molecular weight excluding hydrogens is 280 g/mol. The number of halogens is 2. The molecule has 0 aliphatic heterocycles. The molecule has 0 aliphatic rings. The highest BCUT2D eigenvalue weighted by Gasteiger charge is 2.16. The number of nitriles is 1. The zero-order chi connectivity index (χ0) is 15.4. The quantitative estimate of drug-likeness (QED) is 0.590. The van der Waals surface area contributed by atoms with Gasteiger partial charge in [-0.3, -0.25) is 4.79 Å². The van der Waals surface area contributed by atoms with E-state index in [0.717, 1.165) is 12.1 Å². The van der Waals surface area contributed by atoms with E-state index < -0.39 is 17.5 Å². The Morgan fingerprint density at radius 3 is 2.76 bits per heavy atom. The third-order valence-corrected chi connectivity index (χ3v) is 2.62. The molecule has 0 atom stereocenters. The maximum Gasteiger partial charge on any atom is 0.258 e. The number of nitrogen functional groups attached to an aromatic ring is 1. The number of nitrogens with zero attached hydrogens (tertiary/aromatic N) is 2. The maximum absolute atomic E-state index is 13.9. The van der Waals surface area contributed by atoms with Crippen LogP contribution in [0.4, 0.5) is 20.3 Å². The van der Waals surface area contributed by atoms with Crippen molar-refractivity contribution >= 4 is 17.4 Å². The van der Waals surface area contributed by atoms with Crippen LogP contribution in [0.2, 0.25) is 0 Å². The second-order valence-electron chi connectivity index (χ2n) is 3.93. The van der Waals surface area contributed by atoms with Gasteiger partial charge >= 0.3 is 0 Å². The van der Waals surface area contributed by atoms with Crippen LogP contribution in [0.3, 0.4) is 0 Å². The Morgan fingerprint density at radius 1 is 1.33 bits per heavy atom. The Hall–Kier alpha value is -3.05. The lowest BCUT2D eigenvalue weighted by Crippen LogP contribution is -2.17. The first kappa shape index (κ1) is 14.4. The predicted octanol–water partition coefficient (Wildman–Crippen LogP) is 1.77. The molecule has 1 aromatic carbocycles. The minimum Gasteiger partial charge on any atom is -0.322 e. The number of pyridine rings is 1. The van der Waals surface area contributed by atoms with Gasteiger partial charge in [0.15, 0.2) is 11.6 Å². The van der Waals surface area contributed by atoms with Crippen LogP contribution in [0.1, 0.15) is 15.9 Å². The molecule has 4 N–H and O–H groups in total. The van der Waals surface area contributed by atoms with Crippen molar-refractivity contribution in [3.63, 3.8) is 0 Å². The van der Waals surface area contributed by atoms with Crippen molar-refractivity contribution in [2.75, 3.05) is 10.7 Å². The highest BCUT2D eigenvalue weighted by molar-refractivity contribution is 6.04. The van der Waals surface area contributed by atoms with Crippen LogP contribution in [0.25, 0.3) is 0 Å². The van der Waals surface area contributed by atoms with Gasteiger partial charge in [0.1, 0.15) is 11.9 Å². The standard InChI is InChI=1S/C13H9F2N5O/c14-10-2-1-8(5-7(10)6-16)19-13(21)9-3-4-18-12(20-17)11(9)15/h1-5H,17H2,(H,18,20)(H,19,21). The van der Waals surface area contributed by atoms with Crippen molar-refractivity contribution in [2.24, 2.45) is 5.84 Å². The van der Waals surface area contributed by atoms with E-state index in [1.807, 2.05) is 5.43 Å². The molecule has 0 spiro atoms. The van der Waals surface area contributed by atoms with E-state index in [9.17, 15) is 13.6 Å². The van der Waals surface area contributed by atoms with Gasteiger partial charge in [-0.25, -0.2) is 19.6 Å². The molecule has 1 aromatic heterocycles. The number of hydrazine groups is 1. The number of carbonyl (C=O) groups excluding carboxylic acids is 1. The van der Waals surface area contributed by atoms with Gasteiger partial charge in [0.25, 0.3) is 5.91 Å². The first-order chi connectivity index (χ1) is 10.1. The van der Waals surface area contributed by atoms with Gasteiger partial charge in [0.2, 0.25) is 0 Å². The van der Waals surface area contributed by atoms with Crippen molar-refractivity contribution in [1.82, 2.24) is 4.98 Å². The molecule has 1 heterocycles. The van der Waals surface area contributed by atoms with Crippen molar-refractivity contribution in [1.29, 1.82) is 5.26 Å². The first-order valence-corrected chi connectivity index (χ1v) is 5.69. The summed E-state index contributed by atoms with van der Waals surface area (Å²) in [6.45, 7) is 0. The summed E-state index contributed by atoms with van der Waals surface area (Å²) >= 11 is 0. The van der Waals surface area contributed by atoms with Crippen LogP contribution in [0.5, 0.6) is 0 Å². The van der Waals surface area contributed by atoms with Crippen LogP contribution in [-0.2, 0) is 0 Å². The summed E-state index contributed by atoms with van der Waals surface area (Å²) < 4.78 is 27.0. The number of hydrogen-bond acceptors (Lipinski definition) is 5. The molecule has 1 amide bonds. The number of carbonyl (C=O) groups is 1. The topological polar surface area (TPSA) is 104 Å². The molecule has 0 aliphatic carbocycles. The summed E-state index contributed by atoms with van der Waals surface area (Å²) in [4.78, 5) is 15.6. The second-order valence-corrected chi connectivity index (χ2v) is 3.93. The minimum absolute atomic E-state index is 0.163. The van der Waals surface area contributed by atoms with E-state index in [-0.39, 0.29) is 22.6 Å². The van der Waals surface area contributed by atoms with Gasteiger partial charge in [0, 0.05) is 11.9 Å². The number of nitrogens with two attached hydrogens (primary N) is 1. The highest BCUT2D eigenvalue weighted by Crippen LogP contribution is 2.18. The largest absolute Gasteiger partial charge is 0.322 e. The van der Waals surface area contributed by atoms with Crippen LogP contribution < -0.4 is 16.6 Å². The molecule has 0 radical (unpaired) electrons. The molecule has 0 saturated carbocycles. The zero-order valence-electron chi connectivity index (χ0n) is 10.5. The molecule has 0 bridgehead atoms. The smallest absolute Gasteiger partial charge is 0.258 e. The Bertz CT molecular complexity index is 742. The monoisotopic (exact) mass is 289 g/mol. The predicted molar refractivity (Wildman–Crippen MR) is 71.1 cm³/mol. The summed E-state index contributed by atoms with van der Waals surface area (Å²) in [6, 6.07) is 6.25. The third-order valence-electron chi connectivity index (χ3n) is 2.62. The van der Waals surface area contributed by atoms with Gasteiger partial charge in [-0.15, -0.1) is 0 Å². The fraction of sp³-hybridized carbons (Fsp3) is 0. The fourth-order valence-corrected chi connectivity index (χ4v) is 1.61. The lowest BCUT2D eigenvalue weighted by Gasteiger charge is -2.08. The van der Waals surface area contributed by atoms with Crippen LogP contribution >= 0.6 is 0 Å². The van der Waals surface area contributed by atoms with E-state index in [4.69, 9.17) is 11.1 Å². The molecule has 8 heteroatoms. The number of hydrogen-bond donors (Lipinski definition) is 3. The van der Waals surface area contributed by atoms with Gasteiger partial charge in [0.05, 0.1) is 11.1 Å². The number of anilines is 2. The summed E-state index contributed by atoms with van der Waals surface area (Å²) in [6.07, 6.45) is 1.21. The second kappa shape index (κ2) is 5.94. The van der Waals surface area contributed by atoms with Crippen LogP contribution in [0.15, 0.2) is 30.5 Å². The number of nitrogens with one attached hydrogen (secondary N) is 2. The average molecular weight is 289 g/mol. The van der Waals surface area contributed by atoms with Gasteiger partial charge in [-0.05, 0) is 24.3 Å². The Kier molecular flexibility index (Phi) is 4.06. The average Bonchev–Trinajstić information content (AvgIpc) is 2.49. The zero-order valence-corrected chi connectivity index (χ0v) is 10.5. The van der Waals surface area contributed by atoms with Gasteiger partial charge in [-0.2, -0.15) is 5.26 Å². The number of amides is 1. The molecule has 6 nitrogen and oxygen atoms in total. The lowest BCUT2D eigenvalue weighted by molar-refractivity contribution is 0.102. The van der Waals surface area contributed by atoms with E-state index in [0.29, 0.717) is 0 Å². The van der Waals surface area contributed by atoms with Crippen molar-refractivity contribution in [2.45, 2.75) is 0 Å². The number of aromatic nitrogens is 1. The molecule has 2 rings (SSSR count). The third kappa shape index (κ3) is 2.93. The SMILES string of the molecule is N#Cc1cc(NC(=O)c2ccnc(NN)c2F)ccc1F. The highest BCUT2D eigenvalue weighted by atomic mass is 19.1.